The molecule has 1 aromatic rings. The molecule has 0 radical (unpaired) electrons. The third kappa shape index (κ3) is 4.56. The Hall–Kier alpha value is -1.49. The van der Waals surface area contributed by atoms with E-state index >= 15 is 0 Å². The topological polar surface area (TPSA) is 66.4 Å². The highest BCUT2D eigenvalue weighted by atomic mass is 32.2. The van der Waals surface area contributed by atoms with Gasteiger partial charge in [-0.1, -0.05) is 32.9 Å². The number of thioether (sulfide) groups is 1. The number of rotatable bonds is 5. The Morgan fingerprint density at radius 3 is 2.40 bits per heavy atom. The van der Waals surface area contributed by atoms with Gasteiger partial charge in [-0.2, -0.15) is 0 Å². The van der Waals surface area contributed by atoms with Crippen LogP contribution in [0.3, 0.4) is 0 Å². The van der Waals surface area contributed by atoms with Crippen molar-refractivity contribution >= 4 is 23.6 Å². The maximum Gasteiger partial charge on any atom is 0.305 e. The molecule has 1 amide bonds. The SMILES string of the molecule is CSc1ccccc1C(=O)NC(CC(=O)O)C(C)(C)C. The van der Waals surface area contributed by atoms with E-state index in [1.54, 1.807) is 12.1 Å². The molecule has 1 aromatic carbocycles. The number of hydrogen-bond acceptors (Lipinski definition) is 3. The van der Waals surface area contributed by atoms with Gasteiger partial charge < -0.3 is 10.4 Å². The van der Waals surface area contributed by atoms with Gasteiger partial charge in [0.05, 0.1) is 12.0 Å². The van der Waals surface area contributed by atoms with Gasteiger partial charge in [0, 0.05) is 10.9 Å². The van der Waals surface area contributed by atoms with Gasteiger partial charge in [0.2, 0.25) is 0 Å². The molecule has 0 aliphatic carbocycles. The van der Waals surface area contributed by atoms with Crippen LogP contribution in [0.2, 0.25) is 0 Å². The largest absolute Gasteiger partial charge is 0.481 e. The molecule has 0 aromatic heterocycles. The van der Waals surface area contributed by atoms with Crippen LogP contribution in [0.5, 0.6) is 0 Å². The van der Waals surface area contributed by atoms with E-state index in [1.165, 1.54) is 11.8 Å². The molecule has 1 unspecified atom stereocenters. The maximum atomic E-state index is 12.3. The van der Waals surface area contributed by atoms with Gasteiger partial charge >= 0.3 is 5.97 Å². The van der Waals surface area contributed by atoms with Crippen molar-refractivity contribution in [3.8, 4) is 0 Å². The van der Waals surface area contributed by atoms with Crippen LogP contribution in [0.15, 0.2) is 29.2 Å². The van der Waals surface area contributed by atoms with Crippen LogP contribution in [0, 0.1) is 5.41 Å². The zero-order chi connectivity index (χ0) is 15.3. The predicted octanol–water partition coefficient (Wildman–Crippen LogP) is 3.03. The van der Waals surface area contributed by atoms with Crippen molar-refractivity contribution in [1.82, 2.24) is 5.32 Å². The second kappa shape index (κ2) is 6.79. The summed E-state index contributed by atoms with van der Waals surface area (Å²) in [6.45, 7) is 5.75. The van der Waals surface area contributed by atoms with E-state index in [1.807, 2.05) is 39.2 Å². The first-order chi connectivity index (χ1) is 9.25. The summed E-state index contributed by atoms with van der Waals surface area (Å²) in [6.07, 6.45) is 1.82. The Morgan fingerprint density at radius 1 is 1.30 bits per heavy atom. The van der Waals surface area contributed by atoms with Gasteiger partial charge in [0.1, 0.15) is 0 Å². The number of carbonyl (C=O) groups is 2. The van der Waals surface area contributed by atoms with E-state index in [9.17, 15) is 9.59 Å². The lowest BCUT2D eigenvalue weighted by Gasteiger charge is -2.30. The van der Waals surface area contributed by atoms with E-state index in [0.717, 1.165) is 4.90 Å². The Labute approximate surface area is 124 Å². The van der Waals surface area contributed by atoms with Gasteiger partial charge in [0.25, 0.3) is 5.91 Å². The van der Waals surface area contributed by atoms with Gasteiger partial charge in [0.15, 0.2) is 0 Å². The second-order valence-corrected chi connectivity index (χ2v) is 6.54. The van der Waals surface area contributed by atoms with E-state index in [2.05, 4.69) is 5.32 Å². The van der Waals surface area contributed by atoms with E-state index in [-0.39, 0.29) is 17.7 Å². The van der Waals surface area contributed by atoms with Crippen LogP contribution in [0.4, 0.5) is 0 Å². The number of carbonyl (C=O) groups excluding carboxylic acids is 1. The lowest BCUT2D eigenvalue weighted by molar-refractivity contribution is -0.138. The molecule has 20 heavy (non-hydrogen) atoms. The standard InChI is InChI=1S/C15H21NO3S/c1-15(2,3)12(9-13(17)18)16-14(19)10-7-5-6-8-11(10)20-4/h5-8,12H,9H2,1-4H3,(H,16,19)(H,17,18). The normalized spacial score (nSPS) is 12.8. The number of carboxylic acid groups (broad SMARTS) is 1. The lowest BCUT2D eigenvalue weighted by atomic mass is 9.84. The Morgan fingerprint density at radius 2 is 1.90 bits per heavy atom. The summed E-state index contributed by atoms with van der Waals surface area (Å²) < 4.78 is 0. The first-order valence-electron chi connectivity index (χ1n) is 6.41. The average Bonchev–Trinajstić information content (AvgIpc) is 2.36. The van der Waals surface area contributed by atoms with Gasteiger partial charge in [-0.05, 0) is 23.8 Å². The molecule has 5 heteroatoms. The van der Waals surface area contributed by atoms with E-state index in [0.29, 0.717) is 5.56 Å². The molecule has 0 spiro atoms. The average molecular weight is 295 g/mol. The summed E-state index contributed by atoms with van der Waals surface area (Å²) in [7, 11) is 0. The van der Waals surface area contributed by atoms with Crippen LogP contribution < -0.4 is 5.32 Å². The summed E-state index contributed by atoms with van der Waals surface area (Å²) in [4.78, 5) is 24.2. The Kier molecular flexibility index (Phi) is 5.62. The number of hydrogen-bond donors (Lipinski definition) is 2. The van der Waals surface area contributed by atoms with Crippen molar-refractivity contribution in [3.05, 3.63) is 29.8 Å². The Bertz CT molecular complexity index is 494. The predicted molar refractivity (Wildman–Crippen MR) is 81.2 cm³/mol. The number of amides is 1. The highest BCUT2D eigenvalue weighted by Gasteiger charge is 2.29. The first kappa shape index (κ1) is 16.6. The molecule has 0 aliphatic rings. The molecule has 1 atom stereocenters. The monoisotopic (exact) mass is 295 g/mol. The molecule has 0 saturated heterocycles. The summed E-state index contributed by atoms with van der Waals surface area (Å²) in [5, 5.41) is 11.8. The number of nitrogens with one attached hydrogen (secondary N) is 1. The van der Waals surface area contributed by atoms with Crippen LogP contribution in [-0.2, 0) is 4.79 Å². The summed E-state index contributed by atoms with van der Waals surface area (Å²) in [5.74, 6) is -1.14. The number of carboxylic acids is 1. The number of aliphatic carboxylic acids is 1. The van der Waals surface area contributed by atoms with Crippen molar-refractivity contribution in [2.24, 2.45) is 5.41 Å². The van der Waals surface area contributed by atoms with Crippen molar-refractivity contribution in [1.29, 1.82) is 0 Å². The zero-order valence-corrected chi connectivity index (χ0v) is 13.1. The molecule has 0 bridgehead atoms. The Balaban J connectivity index is 2.93. The van der Waals surface area contributed by atoms with Gasteiger partial charge in [-0.25, -0.2) is 0 Å². The molecular formula is C15H21NO3S. The van der Waals surface area contributed by atoms with Crippen LogP contribution in [0.25, 0.3) is 0 Å². The fourth-order valence-electron chi connectivity index (χ4n) is 1.82. The van der Waals surface area contributed by atoms with Gasteiger partial charge in [-0.3, -0.25) is 9.59 Å². The molecule has 0 heterocycles. The molecular weight excluding hydrogens is 274 g/mol. The summed E-state index contributed by atoms with van der Waals surface area (Å²) in [6, 6.07) is 6.89. The molecule has 4 nitrogen and oxygen atoms in total. The molecule has 0 fully saturated rings. The van der Waals surface area contributed by atoms with E-state index in [4.69, 9.17) is 5.11 Å². The van der Waals surface area contributed by atoms with Crippen LogP contribution in [0.1, 0.15) is 37.6 Å². The zero-order valence-electron chi connectivity index (χ0n) is 12.3. The summed E-state index contributed by atoms with van der Waals surface area (Å²) >= 11 is 1.50. The third-order valence-electron chi connectivity index (χ3n) is 3.08. The quantitative estimate of drug-likeness (QED) is 0.819. The minimum atomic E-state index is -0.914. The summed E-state index contributed by atoms with van der Waals surface area (Å²) in [5.41, 5.74) is 0.266. The smallest absolute Gasteiger partial charge is 0.305 e. The van der Waals surface area contributed by atoms with E-state index < -0.39 is 12.0 Å². The molecule has 2 N–H and O–H groups in total. The molecule has 0 saturated carbocycles. The highest BCUT2D eigenvalue weighted by Crippen LogP contribution is 2.24. The maximum absolute atomic E-state index is 12.3. The lowest BCUT2D eigenvalue weighted by Crippen LogP contribution is -2.45. The molecule has 0 aliphatic heterocycles. The fraction of sp³-hybridized carbons (Fsp3) is 0.467. The highest BCUT2D eigenvalue weighted by molar-refractivity contribution is 7.98. The van der Waals surface area contributed by atoms with Crippen molar-refractivity contribution in [3.63, 3.8) is 0 Å². The molecule has 1 rings (SSSR count). The van der Waals surface area contributed by atoms with Crippen LogP contribution in [-0.4, -0.2) is 29.3 Å². The number of benzene rings is 1. The molecule has 110 valence electrons. The second-order valence-electron chi connectivity index (χ2n) is 5.69. The third-order valence-corrected chi connectivity index (χ3v) is 3.88. The fourth-order valence-corrected chi connectivity index (χ4v) is 2.41. The van der Waals surface area contributed by atoms with Crippen molar-refractivity contribution in [2.45, 2.75) is 38.1 Å². The van der Waals surface area contributed by atoms with Crippen LogP contribution >= 0.6 is 11.8 Å². The van der Waals surface area contributed by atoms with Gasteiger partial charge in [-0.15, -0.1) is 11.8 Å². The van der Waals surface area contributed by atoms with Crippen molar-refractivity contribution < 1.29 is 14.7 Å². The minimum absolute atomic E-state index is 0.0866. The minimum Gasteiger partial charge on any atom is -0.481 e. The van der Waals surface area contributed by atoms with Crippen molar-refractivity contribution in [2.75, 3.05) is 6.26 Å². The first-order valence-corrected chi connectivity index (χ1v) is 7.64.